The van der Waals surface area contributed by atoms with E-state index in [2.05, 4.69) is 10.3 Å². The van der Waals surface area contributed by atoms with E-state index in [1.807, 2.05) is 0 Å². The number of rotatable bonds is 8. The van der Waals surface area contributed by atoms with Gasteiger partial charge in [-0.25, -0.2) is 17.2 Å². The maximum atomic E-state index is 13.9. The van der Waals surface area contributed by atoms with E-state index in [-0.39, 0.29) is 17.1 Å². The minimum absolute atomic E-state index is 0.0933. The number of ether oxygens (including phenoxy) is 1. The van der Waals surface area contributed by atoms with E-state index in [0.717, 1.165) is 16.4 Å². The van der Waals surface area contributed by atoms with Crippen LogP contribution in [-0.2, 0) is 21.4 Å². The zero-order chi connectivity index (χ0) is 22.4. The normalized spacial score (nSPS) is 11.4. The summed E-state index contributed by atoms with van der Waals surface area (Å²) in [5.74, 6) is -1.96. The third-order valence-corrected chi connectivity index (χ3v) is 6.09. The lowest BCUT2D eigenvalue weighted by Gasteiger charge is -2.22. The van der Waals surface area contributed by atoms with Gasteiger partial charge in [0.05, 0.1) is 19.3 Å². The van der Waals surface area contributed by atoms with Gasteiger partial charge in [0, 0.05) is 25.0 Å². The molecule has 0 radical (unpaired) electrons. The first-order valence-electron chi connectivity index (χ1n) is 9.07. The lowest BCUT2D eigenvalue weighted by atomic mass is 10.2. The molecule has 7 nitrogen and oxygen atoms in total. The molecule has 1 amide bonds. The number of nitrogens with one attached hydrogen (secondary N) is 1. The number of hydrogen-bond donors (Lipinski definition) is 1. The molecule has 1 N–H and O–H groups in total. The van der Waals surface area contributed by atoms with Crippen LogP contribution in [0, 0.1) is 11.6 Å². The number of hydrogen-bond acceptors (Lipinski definition) is 5. The number of carbonyl (C=O) groups excluding carboxylic acids is 1. The van der Waals surface area contributed by atoms with Crippen molar-refractivity contribution in [2.75, 3.05) is 19.0 Å². The number of aromatic nitrogens is 1. The fourth-order valence-electron chi connectivity index (χ4n) is 2.75. The molecular formula is C21H19F2N3O4S. The van der Waals surface area contributed by atoms with Gasteiger partial charge in [0.2, 0.25) is 15.9 Å². The Balaban J connectivity index is 1.86. The Labute approximate surface area is 178 Å². The fraction of sp³-hybridized carbons (Fsp3) is 0.143. The van der Waals surface area contributed by atoms with Crippen LogP contribution in [-0.4, -0.2) is 37.3 Å². The first-order chi connectivity index (χ1) is 14.8. The number of amides is 1. The molecule has 0 atom stereocenters. The van der Waals surface area contributed by atoms with Crippen molar-refractivity contribution in [3.05, 3.63) is 84.2 Å². The zero-order valence-electron chi connectivity index (χ0n) is 16.5. The maximum absolute atomic E-state index is 13.9. The zero-order valence-corrected chi connectivity index (χ0v) is 17.3. The molecule has 0 bridgehead atoms. The van der Waals surface area contributed by atoms with E-state index in [9.17, 15) is 22.0 Å². The Kier molecular flexibility index (Phi) is 6.93. The molecule has 3 rings (SSSR count). The molecule has 0 aliphatic rings. The summed E-state index contributed by atoms with van der Waals surface area (Å²) in [6, 6.07) is 12.2. The van der Waals surface area contributed by atoms with Crippen LogP contribution in [0.5, 0.6) is 5.75 Å². The second-order valence-electron chi connectivity index (χ2n) is 6.48. The summed E-state index contributed by atoms with van der Waals surface area (Å²) in [4.78, 5) is 16.2. The van der Waals surface area contributed by atoms with Crippen molar-refractivity contribution in [2.24, 2.45) is 0 Å². The predicted octanol–water partition coefficient (Wildman–Crippen LogP) is 3.20. The largest absolute Gasteiger partial charge is 0.497 e. The molecule has 1 aromatic heterocycles. The van der Waals surface area contributed by atoms with Crippen LogP contribution >= 0.6 is 0 Å². The van der Waals surface area contributed by atoms with Crippen LogP contribution in [0.3, 0.4) is 0 Å². The molecule has 0 aliphatic carbocycles. The van der Waals surface area contributed by atoms with Gasteiger partial charge < -0.3 is 10.1 Å². The fourth-order valence-corrected chi connectivity index (χ4v) is 4.10. The van der Waals surface area contributed by atoms with E-state index in [1.165, 1.54) is 31.6 Å². The number of sulfonamides is 1. The van der Waals surface area contributed by atoms with Crippen molar-refractivity contribution in [1.82, 2.24) is 9.29 Å². The number of halogens is 2. The van der Waals surface area contributed by atoms with E-state index in [0.29, 0.717) is 17.4 Å². The molecule has 0 fully saturated rings. The number of methoxy groups -OCH3 is 1. The Morgan fingerprint density at radius 1 is 1.13 bits per heavy atom. The quantitative estimate of drug-likeness (QED) is 0.573. The van der Waals surface area contributed by atoms with Crippen molar-refractivity contribution in [2.45, 2.75) is 11.4 Å². The minimum Gasteiger partial charge on any atom is -0.497 e. The summed E-state index contributed by atoms with van der Waals surface area (Å²) in [7, 11) is -2.59. The molecule has 3 aromatic rings. The van der Waals surface area contributed by atoms with Crippen molar-refractivity contribution >= 4 is 21.6 Å². The van der Waals surface area contributed by atoms with E-state index in [1.54, 1.807) is 24.3 Å². The van der Waals surface area contributed by atoms with Gasteiger partial charge in [-0.2, -0.15) is 4.31 Å². The second-order valence-corrected chi connectivity index (χ2v) is 8.42. The van der Waals surface area contributed by atoms with Crippen LogP contribution in [0.1, 0.15) is 5.56 Å². The topological polar surface area (TPSA) is 88.6 Å². The van der Waals surface area contributed by atoms with Crippen LogP contribution in [0.25, 0.3) is 0 Å². The molecule has 162 valence electrons. The number of nitrogens with zero attached hydrogens (tertiary/aromatic N) is 2. The maximum Gasteiger partial charge on any atom is 0.245 e. The Morgan fingerprint density at radius 3 is 2.48 bits per heavy atom. The summed E-state index contributed by atoms with van der Waals surface area (Å²) in [6.45, 7) is -0.722. The molecule has 2 aromatic carbocycles. The molecule has 10 heteroatoms. The molecule has 1 heterocycles. The molecular weight excluding hydrogens is 428 g/mol. The van der Waals surface area contributed by atoms with Crippen LogP contribution in [0.2, 0.25) is 0 Å². The van der Waals surface area contributed by atoms with Crippen molar-refractivity contribution in [1.29, 1.82) is 0 Å². The van der Waals surface area contributed by atoms with Gasteiger partial charge in [-0.15, -0.1) is 0 Å². The average Bonchev–Trinajstić information content (AvgIpc) is 2.76. The highest BCUT2D eigenvalue weighted by Gasteiger charge is 2.27. The molecule has 0 saturated heterocycles. The van der Waals surface area contributed by atoms with Crippen molar-refractivity contribution in [3.8, 4) is 5.75 Å². The third kappa shape index (κ3) is 5.62. The van der Waals surface area contributed by atoms with Gasteiger partial charge in [-0.1, -0.05) is 12.1 Å². The number of benzene rings is 2. The Hall–Kier alpha value is -3.37. The number of anilines is 1. The highest BCUT2D eigenvalue weighted by Crippen LogP contribution is 2.20. The first-order valence-corrected chi connectivity index (χ1v) is 10.5. The minimum atomic E-state index is -4.09. The first kappa shape index (κ1) is 22.3. The third-order valence-electron chi connectivity index (χ3n) is 4.32. The molecule has 0 spiro atoms. The van der Waals surface area contributed by atoms with Gasteiger partial charge in [0.15, 0.2) is 0 Å². The van der Waals surface area contributed by atoms with Gasteiger partial charge in [0.1, 0.15) is 22.3 Å². The van der Waals surface area contributed by atoms with E-state index < -0.39 is 34.1 Å². The second kappa shape index (κ2) is 9.63. The van der Waals surface area contributed by atoms with E-state index >= 15 is 0 Å². The van der Waals surface area contributed by atoms with Crippen molar-refractivity contribution < 1.29 is 26.7 Å². The summed E-state index contributed by atoms with van der Waals surface area (Å²) in [5.41, 5.74) is 0.351. The van der Waals surface area contributed by atoms with Crippen LogP contribution in [0.15, 0.2) is 71.9 Å². The summed E-state index contributed by atoms with van der Waals surface area (Å²) in [5, 5.41) is 2.27. The monoisotopic (exact) mass is 447 g/mol. The average molecular weight is 447 g/mol. The van der Waals surface area contributed by atoms with Gasteiger partial charge in [0.25, 0.3) is 0 Å². The smallest absolute Gasteiger partial charge is 0.245 e. The van der Waals surface area contributed by atoms with Gasteiger partial charge in [-0.05, 0) is 42.0 Å². The van der Waals surface area contributed by atoms with Gasteiger partial charge in [-0.3, -0.25) is 9.78 Å². The summed E-state index contributed by atoms with van der Waals surface area (Å²) in [6.07, 6.45) is 2.60. The van der Waals surface area contributed by atoms with E-state index in [4.69, 9.17) is 4.74 Å². The van der Waals surface area contributed by atoms with Crippen LogP contribution < -0.4 is 10.1 Å². The van der Waals surface area contributed by atoms with Gasteiger partial charge >= 0.3 is 0 Å². The number of carbonyl (C=O) groups is 1. The van der Waals surface area contributed by atoms with Crippen molar-refractivity contribution in [3.63, 3.8) is 0 Å². The molecule has 0 unspecified atom stereocenters. The standard InChI is InChI=1S/C21H19F2N3O4S/c1-30-17-7-4-15(5-8-17)13-26(31(28,29)18-3-2-10-24-12-18)14-21(27)25-20-9-6-16(22)11-19(20)23/h2-12H,13-14H2,1H3,(H,25,27). The molecule has 0 saturated carbocycles. The molecule has 0 aliphatic heterocycles. The lowest BCUT2D eigenvalue weighted by molar-refractivity contribution is -0.116. The summed E-state index contributed by atoms with van der Waals surface area (Å²) >= 11 is 0. The summed E-state index contributed by atoms with van der Waals surface area (Å²) < 4.78 is 59.2. The molecule has 31 heavy (non-hydrogen) atoms. The predicted molar refractivity (Wildman–Crippen MR) is 110 cm³/mol. The Bertz CT molecular complexity index is 1160. The Morgan fingerprint density at radius 2 is 1.87 bits per heavy atom. The lowest BCUT2D eigenvalue weighted by Crippen LogP contribution is -2.37. The van der Waals surface area contributed by atoms with Crippen LogP contribution in [0.4, 0.5) is 14.5 Å². The highest BCUT2D eigenvalue weighted by molar-refractivity contribution is 7.89. The number of pyridine rings is 1. The highest BCUT2D eigenvalue weighted by atomic mass is 32.2. The SMILES string of the molecule is COc1ccc(CN(CC(=O)Nc2ccc(F)cc2F)S(=O)(=O)c2cccnc2)cc1.